The van der Waals surface area contributed by atoms with Crippen molar-refractivity contribution >= 4 is 53.4 Å². The summed E-state index contributed by atoms with van der Waals surface area (Å²) < 4.78 is 0. The Balaban J connectivity index is 5.59. The lowest BCUT2D eigenvalue weighted by Crippen LogP contribution is -2.57. The van der Waals surface area contributed by atoms with Crippen molar-refractivity contribution in [3.05, 3.63) is 0 Å². The van der Waals surface area contributed by atoms with Crippen LogP contribution in [0, 0.1) is 0 Å². The summed E-state index contributed by atoms with van der Waals surface area (Å²) in [6, 6.07) is -5.39. The van der Waals surface area contributed by atoms with E-state index in [1.807, 2.05) is 0 Å². The van der Waals surface area contributed by atoms with Crippen LogP contribution in [0.1, 0.15) is 38.5 Å². The predicted octanol–water partition coefficient (Wildman–Crippen LogP) is -3.00. The van der Waals surface area contributed by atoms with Gasteiger partial charge in [-0.05, 0) is 37.7 Å². The summed E-state index contributed by atoms with van der Waals surface area (Å²) in [4.78, 5) is 75.0. The van der Waals surface area contributed by atoms with E-state index in [2.05, 4.69) is 20.9 Å². The summed E-state index contributed by atoms with van der Waals surface area (Å²) in [5, 5.41) is 33.8. The summed E-state index contributed by atoms with van der Waals surface area (Å²) in [6.07, 6.45) is 0.658. The number of carbonyl (C=O) groups is 6. The third kappa shape index (κ3) is 15.2. The second-order valence-corrected chi connectivity index (χ2v) is 8.87. The van der Waals surface area contributed by atoms with Crippen LogP contribution in [-0.2, 0) is 28.8 Å². The molecule has 0 aliphatic heterocycles. The second kappa shape index (κ2) is 17.8. The quantitative estimate of drug-likeness (QED) is 0.0441. The maximum atomic E-state index is 13.0. The van der Waals surface area contributed by atoms with Crippen LogP contribution in [0.5, 0.6) is 0 Å². The van der Waals surface area contributed by atoms with Crippen molar-refractivity contribution in [1.29, 1.82) is 0 Å². The van der Waals surface area contributed by atoms with Crippen LogP contribution in [0.25, 0.3) is 0 Å². The third-order valence-corrected chi connectivity index (χ3v) is 5.47. The van der Waals surface area contributed by atoms with Crippen LogP contribution in [0.3, 0.4) is 0 Å². The average molecular weight is 550 g/mol. The van der Waals surface area contributed by atoms with Crippen LogP contribution in [0.4, 0.5) is 0 Å². The topological polar surface area (TPSA) is 290 Å². The smallest absolute Gasteiger partial charge is 0.326 e. The monoisotopic (exact) mass is 549 g/mol. The lowest BCUT2D eigenvalue weighted by atomic mass is 10.1. The highest BCUT2D eigenvalue weighted by atomic mass is 32.2. The Morgan fingerprint density at radius 3 is 1.84 bits per heavy atom. The van der Waals surface area contributed by atoms with E-state index in [0.29, 0.717) is 5.75 Å². The molecule has 210 valence electrons. The van der Waals surface area contributed by atoms with Gasteiger partial charge in [0, 0.05) is 13.0 Å². The van der Waals surface area contributed by atoms with Crippen molar-refractivity contribution in [1.82, 2.24) is 16.0 Å². The molecule has 3 amide bonds. The van der Waals surface area contributed by atoms with Crippen LogP contribution in [-0.4, -0.2) is 99.6 Å². The number of guanidine groups is 1. The maximum Gasteiger partial charge on any atom is 0.326 e. The molecule has 0 radical (unpaired) electrons. The molecule has 0 heterocycles. The first-order valence-electron chi connectivity index (χ1n) is 11.2. The molecular weight excluding hydrogens is 514 g/mol. The lowest BCUT2D eigenvalue weighted by molar-refractivity contribution is -0.147. The van der Waals surface area contributed by atoms with Gasteiger partial charge >= 0.3 is 17.9 Å². The van der Waals surface area contributed by atoms with E-state index in [-0.39, 0.29) is 44.6 Å². The van der Waals surface area contributed by atoms with E-state index in [1.165, 1.54) is 11.8 Å². The van der Waals surface area contributed by atoms with E-state index >= 15 is 0 Å². The van der Waals surface area contributed by atoms with Gasteiger partial charge < -0.3 is 48.5 Å². The Kier molecular flexibility index (Phi) is 16.0. The molecule has 4 unspecified atom stereocenters. The number of aliphatic carboxylic acids is 3. The van der Waals surface area contributed by atoms with Gasteiger partial charge in [0.25, 0.3) is 0 Å². The van der Waals surface area contributed by atoms with Crippen LogP contribution in [0.15, 0.2) is 4.99 Å². The fourth-order valence-corrected chi connectivity index (χ4v) is 3.36. The number of amides is 3. The molecular formula is C20H35N7O9S. The molecule has 12 N–H and O–H groups in total. The highest BCUT2D eigenvalue weighted by Gasteiger charge is 2.31. The zero-order chi connectivity index (χ0) is 28.5. The molecule has 0 aromatic carbocycles. The van der Waals surface area contributed by atoms with E-state index in [9.17, 15) is 33.9 Å². The lowest BCUT2D eigenvalue weighted by Gasteiger charge is -2.25. The van der Waals surface area contributed by atoms with Crippen LogP contribution >= 0.6 is 11.8 Å². The number of rotatable bonds is 19. The van der Waals surface area contributed by atoms with Gasteiger partial charge in [-0.1, -0.05) is 0 Å². The van der Waals surface area contributed by atoms with Crippen molar-refractivity contribution in [2.45, 2.75) is 62.7 Å². The molecule has 0 bridgehead atoms. The molecule has 0 spiro atoms. The van der Waals surface area contributed by atoms with Gasteiger partial charge in [-0.25, -0.2) is 4.79 Å². The van der Waals surface area contributed by atoms with E-state index in [4.69, 9.17) is 27.4 Å². The summed E-state index contributed by atoms with van der Waals surface area (Å²) >= 11 is 1.35. The molecule has 0 aromatic rings. The third-order valence-electron chi connectivity index (χ3n) is 4.82. The van der Waals surface area contributed by atoms with Gasteiger partial charge in [0.2, 0.25) is 17.7 Å². The zero-order valence-electron chi connectivity index (χ0n) is 20.3. The molecule has 16 nitrogen and oxygen atoms in total. The van der Waals surface area contributed by atoms with Crippen molar-refractivity contribution in [3.63, 3.8) is 0 Å². The Morgan fingerprint density at radius 1 is 0.811 bits per heavy atom. The van der Waals surface area contributed by atoms with E-state index < -0.39 is 66.2 Å². The Bertz CT molecular complexity index is 852. The number of nitrogens with zero attached hydrogens (tertiary/aromatic N) is 1. The van der Waals surface area contributed by atoms with Crippen molar-refractivity contribution in [2.24, 2.45) is 22.2 Å². The van der Waals surface area contributed by atoms with Crippen LogP contribution in [0.2, 0.25) is 0 Å². The highest BCUT2D eigenvalue weighted by Crippen LogP contribution is 2.06. The number of carbonyl (C=O) groups excluding carboxylic acids is 3. The SMILES string of the molecule is CSCCC(NC(=O)C(CCCN=C(N)N)NC(=O)C(N)CCC(=O)O)C(=O)NC(CC(=O)O)C(=O)O. The minimum atomic E-state index is -1.72. The fraction of sp³-hybridized carbons (Fsp3) is 0.650. The first-order valence-corrected chi connectivity index (χ1v) is 12.5. The average Bonchev–Trinajstić information content (AvgIpc) is 2.80. The summed E-state index contributed by atoms with van der Waals surface area (Å²) in [7, 11) is 0. The largest absolute Gasteiger partial charge is 0.481 e. The number of hydrogen-bond donors (Lipinski definition) is 9. The molecule has 0 saturated heterocycles. The second-order valence-electron chi connectivity index (χ2n) is 7.89. The number of nitrogens with one attached hydrogen (secondary N) is 3. The standard InChI is InChI=1S/C20H35N7O9S/c1-37-8-6-12(18(34)27-13(19(35)36)9-15(30)31)26-17(33)11(3-2-7-24-20(22)23)25-16(32)10(21)4-5-14(28)29/h10-13H,2-9,21H2,1H3,(H,25,32)(H,26,33)(H,27,34)(H,28,29)(H,30,31)(H,35,36)(H4,22,23,24). The van der Waals surface area contributed by atoms with Gasteiger partial charge in [0.15, 0.2) is 5.96 Å². The molecule has 0 aliphatic carbocycles. The molecule has 37 heavy (non-hydrogen) atoms. The first-order chi connectivity index (χ1) is 17.3. The Labute approximate surface area is 217 Å². The fourth-order valence-electron chi connectivity index (χ4n) is 2.89. The molecule has 0 rings (SSSR count). The minimum Gasteiger partial charge on any atom is -0.481 e. The van der Waals surface area contributed by atoms with Gasteiger partial charge in [0.1, 0.15) is 18.1 Å². The van der Waals surface area contributed by atoms with Gasteiger partial charge in [-0.15, -0.1) is 0 Å². The minimum absolute atomic E-state index is 0.0215. The molecule has 0 aromatic heterocycles. The van der Waals surface area contributed by atoms with Gasteiger partial charge in [0.05, 0.1) is 12.5 Å². The van der Waals surface area contributed by atoms with Crippen molar-refractivity contribution in [3.8, 4) is 0 Å². The number of aliphatic imine (C=N–C) groups is 1. The first kappa shape index (κ1) is 33.4. The highest BCUT2D eigenvalue weighted by molar-refractivity contribution is 7.98. The van der Waals surface area contributed by atoms with E-state index in [0.717, 1.165) is 0 Å². The molecule has 17 heteroatoms. The van der Waals surface area contributed by atoms with Gasteiger partial charge in [-0.2, -0.15) is 11.8 Å². The molecule has 0 saturated carbocycles. The number of hydrogen-bond acceptors (Lipinski definition) is 9. The molecule has 0 aliphatic rings. The number of thioether (sulfide) groups is 1. The maximum absolute atomic E-state index is 13.0. The zero-order valence-corrected chi connectivity index (χ0v) is 21.2. The Hall–Kier alpha value is -3.60. The molecule has 0 fully saturated rings. The van der Waals surface area contributed by atoms with E-state index in [1.54, 1.807) is 6.26 Å². The predicted molar refractivity (Wildman–Crippen MR) is 133 cm³/mol. The summed E-state index contributed by atoms with van der Waals surface area (Å²) in [5.74, 6) is -6.46. The Morgan fingerprint density at radius 2 is 1.35 bits per heavy atom. The van der Waals surface area contributed by atoms with Gasteiger partial charge in [-0.3, -0.25) is 29.0 Å². The van der Waals surface area contributed by atoms with Crippen molar-refractivity contribution in [2.75, 3.05) is 18.6 Å². The number of nitrogens with two attached hydrogens (primary N) is 3. The summed E-state index contributed by atoms with van der Waals surface area (Å²) in [6.45, 7) is 0.124. The molecule has 4 atom stereocenters. The van der Waals surface area contributed by atoms with Crippen molar-refractivity contribution < 1.29 is 44.1 Å². The normalized spacial score (nSPS) is 13.8. The summed E-state index contributed by atoms with van der Waals surface area (Å²) in [5.41, 5.74) is 16.3. The van der Waals surface area contributed by atoms with Crippen LogP contribution < -0.4 is 33.2 Å². The number of carboxylic acid groups (broad SMARTS) is 3. The number of carboxylic acids is 3.